The van der Waals surface area contributed by atoms with E-state index in [0.717, 1.165) is 12.5 Å². The summed E-state index contributed by atoms with van der Waals surface area (Å²) in [5.74, 6) is 0.922. The lowest BCUT2D eigenvalue weighted by Gasteiger charge is -2.27. The summed E-state index contributed by atoms with van der Waals surface area (Å²) >= 11 is 0. The maximum absolute atomic E-state index is 4.16. The highest BCUT2D eigenvalue weighted by molar-refractivity contribution is 5.64. The number of benzene rings is 1. The predicted molar refractivity (Wildman–Crippen MR) is 74.9 cm³/mol. The highest BCUT2D eigenvalue weighted by atomic mass is 14.9. The number of rotatable bonds is 4. The average molecular weight is 229 g/mol. The van der Waals surface area contributed by atoms with Crippen molar-refractivity contribution in [1.82, 2.24) is 5.32 Å². The molecule has 0 aromatic heterocycles. The molecule has 0 amide bonds. The zero-order valence-electron chi connectivity index (χ0n) is 10.8. The van der Waals surface area contributed by atoms with Crippen LogP contribution in [0.3, 0.4) is 0 Å². The molecule has 0 aliphatic heterocycles. The van der Waals surface area contributed by atoms with Crippen LogP contribution in [0.4, 0.5) is 0 Å². The van der Waals surface area contributed by atoms with Crippen LogP contribution in [0.2, 0.25) is 0 Å². The Hall–Kier alpha value is -1.08. The molecule has 0 heterocycles. The Kier molecular flexibility index (Phi) is 4.38. The van der Waals surface area contributed by atoms with Crippen molar-refractivity contribution in [2.24, 2.45) is 5.92 Å². The van der Waals surface area contributed by atoms with Crippen molar-refractivity contribution in [3.63, 3.8) is 0 Å². The van der Waals surface area contributed by atoms with Gasteiger partial charge in [0.05, 0.1) is 0 Å². The molecular formula is C16H23N. The van der Waals surface area contributed by atoms with E-state index >= 15 is 0 Å². The summed E-state index contributed by atoms with van der Waals surface area (Å²) in [5, 5.41) is 3.64. The molecule has 1 saturated carbocycles. The first-order chi connectivity index (χ1) is 8.25. The second-order valence-corrected chi connectivity index (χ2v) is 5.31. The normalized spacial score (nSPS) is 24.5. The second-order valence-electron chi connectivity index (χ2n) is 5.31. The van der Waals surface area contributed by atoms with Crippen molar-refractivity contribution in [2.75, 3.05) is 6.54 Å². The highest BCUT2D eigenvalue weighted by Crippen LogP contribution is 2.23. The van der Waals surface area contributed by atoms with Crippen LogP contribution < -0.4 is 5.32 Å². The Bertz CT molecular complexity index is 347. The fourth-order valence-electron chi connectivity index (χ4n) is 2.51. The highest BCUT2D eigenvalue weighted by Gasteiger charge is 2.17. The average Bonchev–Trinajstić information content (AvgIpc) is 2.39. The molecule has 0 atom stereocenters. The van der Waals surface area contributed by atoms with Crippen molar-refractivity contribution in [3.8, 4) is 0 Å². The Balaban J connectivity index is 1.77. The Morgan fingerprint density at radius 3 is 2.47 bits per heavy atom. The van der Waals surface area contributed by atoms with Crippen molar-refractivity contribution >= 4 is 5.57 Å². The molecule has 1 aliphatic rings. The van der Waals surface area contributed by atoms with E-state index in [9.17, 15) is 0 Å². The Morgan fingerprint density at radius 1 is 1.18 bits per heavy atom. The van der Waals surface area contributed by atoms with Gasteiger partial charge in [0.1, 0.15) is 0 Å². The second kappa shape index (κ2) is 6.02. The maximum atomic E-state index is 4.16. The minimum Gasteiger partial charge on any atom is -0.310 e. The smallest absolute Gasteiger partial charge is 0.0208 e. The fourth-order valence-corrected chi connectivity index (χ4v) is 2.51. The molecular weight excluding hydrogens is 206 g/mol. The van der Waals surface area contributed by atoms with Gasteiger partial charge in [0.15, 0.2) is 0 Å². The summed E-state index contributed by atoms with van der Waals surface area (Å²) in [6.45, 7) is 7.44. The van der Waals surface area contributed by atoms with Crippen LogP contribution in [0.1, 0.15) is 38.2 Å². The first kappa shape index (κ1) is 12.4. The maximum Gasteiger partial charge on any atom is 0.0208 e. The van der Waals surface area contributed by atoms with Crippen LogP contribution in [-0.4, -0.2) is 12.6 Å². The van der Waals surface area contributed by atoms with E-state index in [-0.39, 0.29) is 0 Å². The molecule has 0 spiro atoms. The standard InChI is InChI=1S/C16H23N/c1-13-8-10-16(11-9-13)17-12-14(2)15-6-4-3-5-7-15/h3-7,13,16-17H,2,8-12H2,1H3. The summed E-state index contributed by atoms with van der Waals surface area (Å²) < 4.78 is 0. The van der Waals surface area contributed by atoms with Crippen LogP contribution in [-0.2, 0) is 0 Å². The van der Waals surface area contributed by atoms with Gasteiger partial charge in [0.25, 0.3) is 0 Å². The summed E-state index contributed by atoms with van der Waals surface area (Å²) in [5.41, 5.74) is 2.45. The monoisotopic (exact) mass is 229 g/mol. The lowest BCUT2D eigenvalue weighted by molar-refractivity contribution is 0.315. The van der Waals surface area contributed by atoms with Gasteiger partial charge in [0.2, 0.25) is 0 Å². The SMILES string of the molecule is C=C(CNC1CCC(C)CC1)c1ccccc1. The van der Waals surface area contributed by atoms with E-state index in [0.29, 0.717) is 6.04 Å². The molecule has 1 aromatic rings. The minimum absolute atomic E-state index is 0.701. The molecule has 0 unspecified atom stereocenters. The lowest BCUT2D eigenvalue weighted by Crippen LogP contribution is -2.33. The zero-order valence-corrected chi connectivity index (χ0v) is 10.8. The Morgan fingerprint density at radius 2 is 1.82 bits per heavy atom. The van der Waals surface area contributed by atoms with Gasteiger partial charge in [-0.1, -0.05) is 43.8 Å². The largest absolute Gasteiger partial charge is 0.310 e. The molecule has 92 valence electrons. The van der Waals surface area contributed by atoms with E-state index in [2.05, 4.69) is 43.1 Å². The number of nitrogens with one attached hydrogen (secondary N) is 1. The van der Waals surface area contributed by atoms with Gasteiger partial charge in [0, 0.05) is 12.6 Å². The molecule has 1 aliphatic carbocycles. The zero-order chi connectivity index (χ0) is 12.1. The third kappa shape index (κ3) is 3.71. The first-order valence-electron chi connectivity index (χ1n) is 6.72. The molecule has 1 aromatic carbocycles. The number of hydrogen-bond acceptors (Lipinski definition) is 1. The van der Waals surface area contributed by atoms with E-state index in [1.807, 2.05) is 6.07 Å². The molecule has 0 bridgehead atoms. The van der Waals surface area contributed by atoms with Crippen molar-refractivity contribution in [3.05, 3.63) is 42.5 Å². The fraction of sp³-hybridized carbons (Fsp3) is 0.500. The van der Waals surface area contributed by atoms with E-state index in [1.54, 1.807) is 0 Å². The van der Waals surface area contributed by atoms with Gasteiger partial charge < -0.3 is 5.32 Å². The third-order valence-corrected chi connectivity index (χ3v) is 3.80. The molecule has 0 saturated heterocycles. The van der Waals surface area contributed by atoms with Crippen LogP contribution in [0.15, 0.2) is 36.9 Å². The Labute approximate surface area is 105 Å². The molecule has 1 heteroatoms. The van der Waals surface area contributed by atoms with Gasteiger partial charge in [-0.25, -0.2) is 0 Å². The number of hydrogen-bond donors (Lipinski definition) is 1. The van der Waals surface area contributed by atoms with Gasteiger partial charge in [-0.3, -0.25) is 0 Å². The van der Waals surface area contributed by atoms with Crippen LogP contribution in [0.25, 0.3) is 5.57 Å². The van der Waals surface area contributed by atoms with Crippen molar-refractivity contribution in [1.29, 1.82) is 0 Å². The van der Waals surface area contributed by atoms with Crippen molar-refractivity contribution < 1.29 is 0 Å². The van der Waals surface area contributed by atoms with E-state index < -0.39 is 0 Å². The summed E-state index contributed by atoms with van der Waals surface area (Å²) in [7, 11) is 0. The minimum atomic E-state index is 0.701. The summed E-state index contributed by atoms with van der Waals surface area (Å²) in [6, 6.07) is 11.2. The molecule has 1 nitrogen and oxygen atoms in total. The van der Waals surface area contributed by atoms with Crippen LogP contribution in [0, 0.1) is 5.92 Å². The quantitative estimate of drug-likeness (QED) is 0.826. The van der Waals surface area contributed by atoms with Gasteiger partial charge >= 0.3 is 0 Å². The van der Waals surface area contributed by atoms with Crippen molar-refractivity contribution in [2.45, 2.75) is 38.6 Å². The van der Waals surface area contributed by atoms with Crippen LogP contribution in [0.5, 0.6) is 0 Å². The molecule has 0 radical (unpaired) electrons. The topological polar surface area (TPSA) is 12.0 Å². The summed E-state index contributed by atoms with van der Waals surface area (Å²) in [6.07, 6.45) is 5.39. The van der Waals surface area contributed by atoms with Gasteiger partial charge in [-0.2, -0.15) is 0 Å². The third-order valence-electron chi connectivity index (χ3n) is 3.80. The predicted octanol–water partition coefficient (Wildman–Crippen LogP) is 3.87. The molecule has 17 heavy (non-hydrogen) atoms. The van der Waals surface area contributed by atoms with E-state index in [1.165, 1.54) is 36.8 Å². The molecule has 2 rings (SSSR count). The molecule has 1 N–H and O–H groups in total. The molecule has 1 fully saturated rings. The van der Waals surface area contributed by atoms with Gasteiger partial charge in [-0.05, 0) is 42.7 Å². The first-order valence-corrected chi connectivity index (χ1v) is 6.72. The van der Waals surface area contributed by atoms with Gasteiger partial charge in [-0.15, -0.1) is 0 Å². The lowest BCUT2D eigenvalue weighted by atomic mass is 9.87. The van der Waals surface area contributed by atoms with Crippen LogP contribution >= 0.6 is 0 Å². The van der Waals surface area contributed by atoms with E-state index in [4.69, 9.17) is 0 Å². The summed E-state index contributed by atoms with van der Waals surface area (Å²) in [4.78, 5) is 0.